The Hall–Kier alpha value is -1.18. The summed E-state index contributed by atoms with van der Waals surface area (Å²) in [4.78, 5) is 23.4. The molecule has 0 radical (unpaired) electrons. The van der Waals surface area contributed by atoms with Gasteiger partial charge in [0.1, 0.15) is 0 Å². The Bertz CT molecular complexity index is 477. The molecule has 0 heterocycles. The van der Waals surface area contributed by atoms with E-state index in [1.807, 2.05) is 20.8 Å². The van der Waals surface area contributed by atoms with Gasteiger partial charge in [0.2, 0.25) is 5.91 Å². The summed E-state index contributed by atoms with van der Waals surface area (Å²) in [5.41, 5.74) is -0.339. The summed E-state index contributed by atoms with van der Waals surface area (Å²) in [5, 5.41) is 12.0. The summed E-state index contributed by atoms with van der Waals surface area (Å²) in [6, 6.07) is 0. The van der Waals surface area contributed by atoms with Crippen molar-refractivity contribution < 1.29 is 28.9 Å². The molecule has 0 aromatic heterocycles. The van der Waals surface area contributed by atoms with Gasteiger partial charge in [0.25, 0.3) is 5.97 Å². The van der Waals surface area contributed by atoms with Crippen LogP contribution in [0.1, 0.15) is 104 Å². The molecule has 1 amide bonds. The number of methoxy groups -OCH3 is 3. The zero-order valence-electron chi connectivity index (χ0n) is 20.8. The van der Waals surface area contributed by atoms with Crippen molar-refractivity contribution in [1.82, 2.24) is 5.32 Å². The Morgan fingerprint density at radius 1 is 0.774 bits per heavy atom. The minimum Gasteiger partial charge on any atom is -0.481 e. The van der Waals surface area contributed by atoms with Crippen molar-refractivity contribution in [3.8, 4) is 0 Å². The van der Waals surface area contributed by atoms with Gasteiger partial charge >= 0.3 is 5.97 Å². The van der Waals surface area contributed by atoms with Crippen LogP contribution in [0.2, 0.25) is 0 Å². The maximum atomic E-state index is 12.3. The Kier molecular flexibility index (Phi) is 15.8. The molecule has 0 bridgehead atoms. The fraction of sp³-hybridized carbons (Fsp3) is 0.917. The van der Waals surface area contributed by atoms with E-state index < -0.39 is 17.9 Å². The zero-order valence-corrected chi connectivity index (χ0v) is 20.8. The number of unbranched alkanes of at least 4 members (excludes halogenated alkanes) is 9. The van der Waals surface area contributed by atoms with E-state index in [0.29, 0.717) is 6.42 Å². The molecule has 7 nitrogen and oxygen atoms in total. The number of hydrogen-bond donors (Lipinski definition) is 2. The molecule has 2 N–H and O–H groups in total. The Labute approximate surface area is 189 Å². The number of carbonyl (C=O) groups excluding carboxylic acids is 1. The summed E-state index contributed by atoms with van der Waals surface area (Å²) in [6.07, 6.45) is 12.6. The summed E-state index contributed by atoms with van der Waals surface area (Å²) in [5.74, 6) is -2.40. The van der Waals surface area contributed by atoms with Crippen molar-refractivity contribution >= 4 is 11.9 Å². The predicted octanol–water partition coefficient (Wildman–Crippen LogP) is 5.27. The van der Waals surface area contributed by atoms with E-state index in [-0.39, 0.29) is 17.9 Å². The number of hydrogen-bond acceptors (Lipinski definition) is 5. The number of carbonyl (C=O) groups is 2. The van der Waals surface area contributed by atoms with Crippen molar-refractivity contribution in [1.29, 1.82) is 0 Å². The van der Waals surface area contributed by atoms with Gasteiger partial charge in [-0.3, -0.25) is 9.59 Å². The largest absolute Gasteiger partial charge is 0.481 e. The molecule has 7 heteroatoms. The van der Waals surface area contributed by atoms with Crippen LogP contribution in [0.4, 0.5) is 0 Å². The molecule has 0 fully saturated rings. The van der Waals surface area contributed by atoms with Crippen molar-refractivity contribution in [2.75, 3.05) is 21.3 Å². The minimum absolute atomic E-state index is 0.0951. The second-order valence-electron chi connectivity index (χ2n) is 9.40. The van der Waals surface area contributed by atoms with Gasteiger partial charge in [0.05, 0.1) is 6.42 Å². The number of amides is 1. The van der Waals surface area contributed by atoms with Crippen LogP contribution in [-0.4, -0.2) is 49.8 Å². The molecule has 1 atom stereocenters. The quantitative estimate of drug-likeness (QED) is 0.208. The highest BCUT2D eigenvalue weighted by atomic mass is 16.9. The number of carboxylic acid groups (broad SMARTS) is 1. The third kappa shape index (κ3) is 15.3. The summed E-state index contributed by atoms with van der Waals surface area (Å²) < 4.78 is 15.9. The Morgan fingerprint density at radius 3 is 1.58 bits per heavy atom. The monoisotopic (exact) mass is 445 g/mol. The predicted molar refractivity (Wildman–Crippen MR) is 123 cm³/mol. The normalized spacial score (nSPS) is 13.2. The fourth-order valence-electron chi connectivity index (χ4n) is 3.71. The topological polar surface area (TPSA) is 94.1 Å². The summed E-state index contributed by atoms with van der Waals surface area (Å²) >= 11 is 0. The lowest BCUT2D eigenvalue weighted by Gasteiger charge is -2.28. The molecule has 184 valence electrons. The van der Waals surface area contributed by atoms with Crippen LogP contribution in [0.5, 0.6) is 0 Å². The molecule has 0 aliphatic heterocycles. The molecule has 0 saturated carbocycles. The van der Waals surface area contributed by atoms with E-state index in [0.717, 1.165) is 38.5 Å². The minimum atomic E-state index is -0.911. The van der Waals surface area contributed by atoms with Gasteiger partial charge in [-0.2, -0.15) is 0 Å². The van der Waals surface area contributed by atoms with E-state index in [1.54, 1.807) is 21.3 Å². The number of aliphatic carboxylic acids is 1. The average molecular weight is 446 g/mol. The summed E-state index contributed by atoms with van der Waals surface area (Å²) in [7, 11) is 4.79. The lowest BCUT2D eigenvalue weighted by molar-refractivity contribution is -0.355. The molecule has 0 aliphatic rings. The van der Waals surface area contributed by atoms with Crippen molar-refractivity contribution in [3.05, 3.63) is 0 Å². The van der Waals surface area contributed by atoms with E-state index in [1.165, 1.54) is 32.1 Å². The molecule has 31 heavy (non-hydrogen) atoms. The highest BCUT2D eigenvalue weighted by Gasteiger charge is 2.28. The molecular formula is C24H47NO6. The molecule has 0 saturated heterocycles. The van der Waals surface area contributed by atoms with Crippen molar-refractivity contribution in [2.45, 2.75) is 116 Å². The van der Waals surface area contributed by atoms with Gasteiger partial charge in [-0.25, -0.2) is 0 Å². The maximum absolute atomic E-state index is 12.3. The fourth-order valence-corrected chi connectivity index (χ4v) is 3.71. The Morgan fingerprint density at radius 2 is 1.19 bits per heavy atom. The second-order valence-corrected chi connectivity index (χ2v) is 9.40. The number of rotatable bonds is 19. The highest BCUT2D eigenvalue weighted by Crippen LogP contribution is 2.22. The smallest absolute Gasteiger partial charge is 0.304 e. The van der Waals surface area contributed by atoms with Crippen LogP contribution in [0, 0.1) is 5.92 Å². The second kappa shape index (κ2) is 16.5. The molecule has 0 aromatic rings. The standard InChI is InChI=1S/C24H47NO6/c1-23(2,3)25-22(28)20(19-21(26)27)17-15-13-11-9-7-8-10-12-14-16-18-24(29-4,30-5)31-6/h20H,7-19H2,1-6H3,(H,25,28)(H,26,27). The molecule has 0 rings (SSSR count). The first-order valence-corrected chi connectivity index (χ1v) is 11.8. The summed E-state index contributed by atoms with van der Waals surface area (Å²) in [6.45, 7) is 5.73. The van der Waals surface area contributed by atoms with E-state index in [2.05, 4.69) is 5.32 Å². The van der Waals surface area contributed by atoms with Gasteiger partial charge in [-0.1, -0.05) is 57.8 Å². The number of nitrogens with one attached hydrogen (secondary N) is 1. The van der Waals surface area contributed by atoms with Crippen molar-refractivity contribution in [3.63, 3.8) is 0 Å². The van der Waals surface area contributed by atoms with Crippen LogP contribution >= 0.6 is 0 Å². The van der Waals surface area contributed by atoms with Gasteiger partial charge in [-0.15, -0.1) is 0 Å². The first-order valence-electron chi connectivity index (χ1n) is 11.8. The molecular weight excluding hydrogens is 398 g/mol. The molecule has 1 unspecified atom stereocenters. The van der Waals surface area contributed by atoms with E-state index >= 15 is 0 Å². The van der Waals surface area contributed by atoms with Crippen molar-refractivity contribution in [2.24, 2.45) is 5.92 Å². The average Bonchev–Trinajstić information content (AvgIpc) is 2.69. The van der Waals surface area contributed by atoms with Gasteiger partial charge in [-0.05, 0) is 33.6 Å². The molecule has 0 spiro atoms. The van der Waals surface area contributed by atoms with E-state index in [4.69, 9.17) is 19.3 Å². The van der Waals surface area contributed by atoms with Crippen LogP contribution in [0.25, 0.3) is 0 Å². The van der Waals surface area contributed by atoms with Crippen LogP contribution in [0.15, 0.2) is 0 Å². The lowest BCUT2D eigenvalue weighted by atomic mass is 9.95. The molecule has 0 aromatic carbocycles. The number of carboxylic acids is 1. The third-order valence-corrected chi connectivity index (χ3v) is 5.51. The van der Waals surface area contributed by atoms with Gasteiger partial charge in [0.15, 0.2) is 0 Å². The number of ether oxygens (including phenoxy) is 3. The van der Waals surface area contributed by atoms with Gasteiger partial charge in [0, 0.05) is 39.2 Å². The first kappa shape index (κ1) is 29.8. The van der Waals surface area contributed by atoms with Gasteiger partial charge < -0.3 is 24.6 Å². The SMILES string of the molecule is COC(CCCCCCCCCCCCC(CC(=O)O)C(=O)NC(C)(C)C)(OC)OC. The van der Waals surface area contributed by atoms with Crippen LogP contribution < -0.4 is 5.32 Å². The zero-order chi connectivity index (χ0) is 23.8. The van der Waals surface area contributed by atoms with Crippen LogP contribution in [0.3, 0.4) is 0 Å². The first-order chi connectivity index (χ1) is 14.6. The third-order valence-electron chi connectivity index (χ3n) is 5.51. The van der Waals surface area contributed by atoms with E-state index in [9.17, 15) is 9.59 Å². The maximum Gasteiger partial charge on any atom is 0.304 e. The Balaban J connectivity index is 3.80. The van der Waals surface area contributed by atoms with Crippen LogP contribution in [-0.2, 0) is 23.8 Å². The highest BCUT2D eigenvalue weighted by molar-refractivity contribution is 5.83. The lowest BCUT2D eigenvalue weighted by Crippen LogP contribution is -2.44. The molecule has 0 aliphatic carbocycles.